The fraction of sp³-hybridized carbons (Fsp3) is 0.556. The number of carbonyl (C=O) groups is 1. The predicted octanol–water partition coefficient (Wildman–Crippen LogP) is 0.923. The molecule has 1 saturated heterocycles. The van der Waals surface area contributed by atoms with E-state index in [0.717, 1.165) is 0 Å². The predicted molar refractivity (Wildman–Crippen MR) is 86.2 cm³/mol. The number of benzene rings is 1. The van der Waals surface area contributed by atoms with E-state index >= 15 is 0 Å². The highest BCUT2D eigenvalue weighted by atomic mass is 16.5. The summed E-state index contributed by atoms with van der Waals surface area (Å²) in [6, 6.07) is 8.89. The van der Waals surface area contributed by atoms with Crippen molar-refractivity contribution in [1.29, 1.82) is 5.26 Å². The van der Waals surface area contributed by atoms with Crippen LogP contribution in [0.15, 0.2) is 24.3 Å². The van der Waals surface area contributed by atoms with Crippen LogP contribution < -0.4 is 0 Å². The van der Waals surface area contributed by atoms with Crippen molar-refractivity contribution in [1.82, 2.24) is 4.90 Å². The zero-order chi connectivity index (χ0) is 17.2. The van der Waals surface area contributed by atoms with E-state index in [-0.39, 0.29) is 30.6 Å². The summed E-state index contributed by atoms with van der Waals surface area (Å²) in [6.45, 7) is 1.32. The van der Waals surface area contributed by atoms with E-state index in [9.17, 15) is 9.90 Å². The van der Waals surface area contributed by atoms with Gasteiger partial charge in [0.1, 0.15) is 0 Å². The summed E-state index contributed by atoms with van der Waals surface area (Å²) in [5.74, 6) is -0.136. The maximum Gasteiger partial charge on any atom is 0.255 e. The number of likely N-dealkylation sites (tertiary alicyclic amines) is 1. The first-order valence-corrected chi connectivity index (χ1v) is 8.31. The van der Waals surface area contributed by atoms with Crippen LogP contribution in [0.1, 0.15) is 35.2 Å². The van der Waals surface area contributed by atoms with Crippen molar-refractivity contribution in [3.63, 3.8) is 0 Å². The zero-order valence-electron chi connectivity index (χ0n) is 13.5. The second-order valence-corrected chi connectivity index (χ2v) is 6.52. The monoisotopic (exact) mass is 330 g/mol. The van der Waals surface area contributed by atoms with Crippen molar-refractivity contribution >= 4 is 5.91 Å². The molecular formula is C18H22N2O4. The number of nitrogens with zero attached hydrogens (tertiary/aromatic N) is 2. The molecule has 128 valence electrons. The third kappa shape index (κ3) is 2.80. The van der Waals surface area contributed by atoms with Gasteiger partial charge >= 0.3 is 0 Å². The molecule has 1 aliphatic heterocycles. The highest BCUT2D eigenvalue weighted by Gasteiger charge is 2.56. The number of nitriles is 1. The molecule has 2 atom stereocenters. The van der Waals surface area contributed by atoms with E-state index in [1.165, 1.54) is 0 Å². The van der Waals surface area contributed by atoms with Crippen LogP contribution in [0.4, 0.5) is 0 Å². The van der Waals surface area contributed by atoms with E-state index in [2.05, 4.69) is 6.07 Å². The average molecular weight is 330 g/mol. The lowest BCUT2D eigenvalue weighted by atomic mass is 9.58. The fourth-order valence-electron chi connectivity index (χ4n) is 3.87. The van der Waals surface area contributed by atoms with Crippen molar-refractivity contribution < 1.29 is 19.7 Å². The molecule has 2 aliphatic rings. The van der Waals surface area contributed by atoms with Gasteiger partial charge < -0.3 is 19.8 Å². The normalized spacial score (nSPS) is 25.1. The highest BCUT2D eigenvalue weighted by molar-refractivity contribution is 5.96. The first-order valence-electron chi connectivity index (χ1n) is 8.31. The second-order valence-electron chi connectivity index (χ2n) is 6.52. The van der Waals surface area contributed by atoms with E-state index in [4.69, 9.17) is 15.1 Å². The van der Waals surface area contributed by atoms with E-state index in [1.807, 2.05) is 0 Å². The Hall–Kier alpha value is -1.94. The zero-order valence-corrected chi connectivity index (χ0v) is 13.5. The lowest BCUT2D eigenvalue weighted by Gasteiger charge is -2.56. The van der Waals surface area contributed by atoms with Crippen molar-refractivity contribution in [2.45, 2.75) is 31.5 Å². The molecule has 0 aromatic heterocycles. The van der Waals surface area contributed by atoms with Gasteiger partial charge in [0, 0.05) is 24.9 Å². The van der Waals surface area contributed by atoms with Gasteiger partial charge in [0.15, 0.2) is 0 Å². The van der Waals surface area contributed by atoms with Crippen LogP contribution in [0.3, 0.4) is 0 Å². The summed E-state index contributed by atoms with van der Waals surface area (Å²) in [4.78, 5) is 14.4. The van der Waals surface area contributed by atoms with Crippen LogP contribution in [0, 0.1) is 16.7 Å². The molecule has 24 heavy (non-hydrogen) atoms. The van der Waals surface area contributed by atoms with Gasteiger partial charge in [0.2, 0.25) is 0 Å². The Morgan fingerprint density at radius 3 is 2.71 bits per heavy atom. The third-order valence-corrected chi connectivity index (χ3v) is 5.41. The average Bonchev–Trinajstić information content (AvgIpc) is 2.64. The molecular weight excluding hydrogens is 308 g/mol. The molecule has 1 saturated carbocycles. The van der Waals surface area contributed by atoms with Crippen molar-refractivity contribution in [2.75, 3.05) is 26.3 Å². The van der Waals surface area contributed by atoms with Gasteiger partial charge in [0.25, 0.3) is 5.91 Å². The number of amides is 1. The Kier molecular flexibility index (Phi) is 4.86. The Morgan fingerprint density at radius 1 is 1.38 bits per heavy atom. The SMILES string of the molecule is N#Cc1ccccc1C(=O)N1CCC2(CC1)[C@@H](O)C[C@H]2OCCO. The van der Waals surface area contributed by atoms with Crippen molar-refractivity contribution in [2.24, 2.45) is 5.41 Å². The van der Waals surface area contributed by atoms with Gasteiger partial charge in [-0.25, -0.2) is 0 Å². The van der Waals surface area contributed by atoms with Gasteiger partial charge in [-0.1, -0.05) is 12.1 Å². The Bertz CT molecular complexity index is 647. The molecule has 0 radical (unpaired) electrons. The highest BCUT2D eigenvalue weighted by Crippen LogP contribution is 2.51. The number of carbonyl (C=O) groups excluding carboxylic acids is 1. The lowest BCUT2D eigenvalue weighted by Crippen LogP contribution is -2.62. The molecule has 1 aromatic rings. The van der Waals surface area contributed by atoms with Gasteiger partial charge in [-0.05, 0) is 25.0 Å². The first-order chi connectivity index (χ1) is 11.6. The lowest BCUT2D eigenvalue weighted by molar-refractivity contribution is -0.211. The topological polar surface area (TPSA) is 93.8 Å². The molecule has 0 bridgehead atoms. The quantitative estimate of drug-likeness (QED) is 0.856. The molecule has 6 nitrogen and oxygen atoms in total. The minimum absolute atomic E-state index is 0.0295. The fourth-order valence-corrected chi connectivity index (χ4v) is 3.87. The molecule has 1 aromatic carbocycles. The van der Waals surface area contributed by atoms with Gasteiger partial charge in [0.05, 0.1) is 42.6 Å². The number of ether oxygens (including phenoxy) is 1. The molecule has 1 heterocycles. The van der Waals surface area contributed by atoms with Crippen molar-refractivity contribution in [3.8, 4) is 6.07 Å². The molecule has 2 N–H and O–H groups in total. The Balaban J connectivity index is 1.67. The molecule has 2 fully saturated rings. The standard InChI is InChI=1S/C18H22N2O4/c19-12-13-3-1-2-4-14(13)17(23)20-7-5-18(6-8-20)15(22)11-16(18)24-10-9-21/h1-4,15-16,21-22H,5-11H2/t15-,16+/m0/s1. The largest absolute Gasteiger partial charge is 0.394 e. The molecule has 3 rings (SSSR count). The number of piperidine rings is 1. The molecule has 1 aliphatic carbocycles. The summed E-state index contributed by atoms with van der Waals surface area (Å²) < 4.78 is 5.65. The van der Waals surface area contributed by atoms with Crippen LogP contribution in [0.5, 0.6) is 0 Å². The van der Waals surface area contributed by atoms with Gasteiger partial charge in [-0.3, -0.25) is 4.79 Å². The first kappa shape index (κ1) is 16.9. The van der Waals surface area contributed by atoms with Crippen LogP contribution in [-0.4, -0.2) is 59.5 Å². The number of hydrogen-bond donors (Lipinski definition) is 2. The summed E-state index contributed by atoms with van der Waals surface area (Å²) in [7, 11) is 0. The molecule has 1 amide bonds. The van der Waals surface area contributed by atoms with Crippen LogP contribution in [0.25, 0.3) is 0 Å². The van der Waals surface area contributed by atoms with Crippen LogP contribution in [-0.2, 0) is 4.74 Å². The summed E-state index contributed by atoms with van der Waals surface area (Å²) >= 11 is 0. The Labute approximate surface area is 141 Å². The maximum absolute atomic E-state index is 12.7. The molecule has 6 heteroatoms. The van der Waals surface area contributed by atoms with Gasteiger partial charge in [-0.2, -0.15) is 5.26 Å². The van der Waals surface area contributed by atoms with Crippen LogP contribution >= 0.6 is 0 Å². The van der Waals surface area contributed by atoms with E-state index in [0.29, 0.717) is 43.5 Å². The van der Waals surface area contributed by atoms with Gasteiger partial charge in [-0.15, -0.1) is 0 Å². The smallest absolute Gasteiger partial charge is 0.255 e. The number of hydrogen-bond acceptors (Lipinski definition) is 5. The minimum Gasteiger partial charge on any atom is -0.394 e. The molecule has 0 unspecified atom stereocenters. The number of rotatable bonds is 4. The van der Waals surface area contributed by atoms with Crippen molar-refractivity contribution in [3.05, 3.63) is 35.4 Å². The van der Waals surface area contributed by atoms with E-state index in [1.54, 1.807) is 29.2 Å². The second kappa shape index (κ2) is 6.89. The Morgan fingerprint density at radius 2 is 2.08 bits per heavy atom. The third-order valence-electron chi connectivity index (χ3n) is 5.41. The maximum atomic E-state index is 12.7. The number of aliphatic hydroxyl groups is 2. The van der Waals surface area contributed by atoms with E-state index < -0.39 is 6.10 Å². The summed E-state index contributed by atoms with van der Waals surface area (Å²) in [5.41, 5.74) is 0.509. The summed E-state index contributed by atoms with van der Waals surface area (Å²) in [6.07, 6.45) is 1.47. The summed E-state index contributed by atoms with van der Waals surface area (Å²) in [5, 5.41) is 28.3. The molecule has 1 spiro atoms. The number of aliphatic hydroxyl groups excluding tert-OH is 2. The minimum atomic E-state index is -0.412. The van der Waals surface area contributed by atoms with Crippen LogP contribution in [0.2, 0.25) is 0 Å².